The predicted molar refractivity (Wildman–Crippen MR) is 160 cm³/mol. The van der Waals surface area contributed by atoms with Crippen molar-refractivity contribution in [2.24, 2.45) is 0 Å². The number of carbonyl (C=O) groups excluding carboxylic acids is 2. The molecule has 0 radical (unpaired) electrons. The van der Waals surface area contributed by atoms with E-state index in [1.165, 1.54) is 32.4 Å². The number of amides is 2. The molecule has 2 fully saturated rings. The molecule has 8 heteroatoms. The first-order valence-corrected chi connectivity index (χ1v) is 14.7. The fourth-order valence-electron chi connectivity index (χ4n) is 5.34. The molecule has 0 spiro atoms. The smallest absolute Gasteiger partial charge is 0.410 e. The quantitative estimate of drug-likeness (QED) is 0.344. The molecule has 0 unspecified atom stereocenters. The third-order valence-electron chi connectivity index (χ3n) is 7.51. The van der Waals surface area contributed by atoms with Crippen molar-refractivity contribution < 1.29 is 23.8 Å². The van der Waals surface area contributed by atoms with Crippen molar-refractivity contribution in [3.63, 3.8) is 0 Å². The van der Waals surface area contributed by atoms with Crippen LogP contribution in [-0.2, 0) is 4.74 Å². The van der Waals surface area contributed by atoms with Crippen LogP contribution in [0.15, 0.2) is 60.7 Å². The number of fused-ring (bicyclic) bond motifs is 1. The van der Waals surface area contributed by atoms with E-state index in [0.29, 0.717) is 49.8 Å². The Morgan fingerprint density at radius 2 is 1.37 bits per heavy atom. The fraction of sp³-hybridized carbons (Fsp3) is 0.455. The SMILES string of the molecule is CC(C)(C)OC(=O)N1CCN(C(=O)c2ccc(Oc3ccc(OCCN4CCCCC4)cc3)c3ccccc23)CC1. The summed E-state index contributed by atoms with van der Waals surface area (Å²) in [5.74, 6) is 2.16. The largest absolute Gasteiger partial charge is 0.492 e. The highest BCUT2D eigenvalue weighted by molar-refractivity contribution is 6.08. The first-order chi connectivity index (χ1) is 19.8. The van der Waals surface area contributed by atoms with E-state index in [4.69, 9.17) is 14.2 Å². The van der Waals surface area contributed by atoms with Gasteiger partial charge < -0.3 is 24.0 Å². The molecule has 0 bridgehead atoms. The summed E-state index contributed by atoms with van der Waals surface area (Å²) >= 11 is 0. The van der Waals surface area contributed by atoms with E-state index in [1.807, 2.05) is 81.4 Å². The molecule has 0 saturated carbocycles. The molecule has 3 aromatic rings. The van der Waals surface area contributed by atoms with Crippen LogP contribution in [0.4, 0.5) is 4.79 Å². The third-order valence-corrected chi connectivity index (χ3v) is 7.51. The molecule has 8 nitrogen and oxygen atoms in total. The number of ether oxygens (including phenoxy) is 3. The van der Waals surface area contributed by atoms with Crippen molar-refractivity contribution in [2.45, 2.75) is 45.6 Å². The number of likely N-dealkylation sites (tertiary alicyclic amines) is 1. The summed E-state index contributed by atoms with van der Waals surface area (Å²) in [6.07, 6.45) is 3.56. The van der Waals surface area contributed by atoms with Crippen molar-refractivity contribution in [1.29, 1.82) is 0 Å². The summed E-state index contributed by atoms with van der Waals surface area (Å²) in [7, 11) is 0. The van der Waals surface area contributed by atoms with Gasteiger partial charge in [-0.05, 0) is 88.5 Å². The highest BCUT2D eigenvalue weighted by Crippen LogP contribution is 2.33. The zero-order chi connectivity index (χ0) is 28.8. The minimum absolute atomic E-state index is 0.0531. The molecule has 2 aliphatic rings. The van der Waals surface area contributed by atoms with Crippen LogP contribution >= 0.6 is 0 Å². The van der Waals surface area contributed by atoms with Gasteiger partial charge in [-0.1, -0.05) is 30.7 Å². The minimum atomic E-state index is -0.546. The van der Waals surface area contributed by atoms with E-state index in [-0.39, 0.29) is 12.0 Å². The van der Waals surface area contributed by atoms with E-state index in [2.05, 4.69) is 4.90 Å². The highest BCUT2D eigenvalue weighted by Gasteiger charge is 2.29. The Morgan fingerprint density at radius 3 is 2.05 bits per heavy atom. The minimum Gasteiger partial charge on any atom is -0.492 e. The van der Waals surface area contributed by atoms with Crippen molar-refractivity contribution in [2.75, 3.05) is 52.4 Å². The Bertz CT molecular complexity index is 1340. The molecule has 0 aliphatic carbocycles. The molecule has 5 rings (SSSR count). The Hall–Kier alpha value is -3.78. The summed E-state index contributed by atoms with van der Waals surface area (Å²) < 4.78 is 17.7. The maximum atomic E-state index is 13.5. The van der Waals surface area contributed by atoms with Crippen LogP contribution in [0.1, 0.15) is 50.4 Å². The van der Waals surface area contributed by atoms with Crippen LogP contribution in [0.3, 0.4) is 0 Å². The lowest BCUT2D eigenvalue weighted by atomic mass is 10.0. The van der Waals surface area contributed by atoms with Gasteiger partial charge >= 0.3 is 6.09 Å². The number of piperidine rings is 1. The summed E-state index contributed by atoms with van der Waals surface area (Å²) in [6, 6.07) is 19.2. The Balaban J connectivity index is 1.21. The summed E-state index contributed by atoms with van der Waals surface area (Å²) in [4.78, 5) is 31.9. The summed E-state index contributed by atoms with van der Waals surface area (Å²) in [6.45, 7) is 11.3. The number of carbonyl (C=O) groups is 2. The van der Waals surface area contributed by atoms with E-state index in [9.17, 15) is 9.59 Å². The zero-order valence-corrected chi connectivity index (χ0v) is 24.4. The molecule has 3 aromatic carbocycles. The second-order valence-electron chi connectivity index (χ2n) is 11.7. The second-order valence-corrected chi connectivity index (χ2v) is 11.7. The van der Waals surface area contributed by atoms with Gasteiger partial charge in [-0.2, -0.15) is 0 Å². The number of benzene rings is 3. The van der Waals surface area contributed by atoms with Crippen LogP contribution in [0.25, 0.3) is 10.8 Å². The fourth-order valence-corrected chi connectivity index (χ4v) is 5.34. The van der Waals surface area contributed by atoms with Gasteiger partial charge in [0.25, 0.3) is 5.91 Å². The standard InChI is InChI=1S/C33H41N3O5/c1-33(2,3)41-32(38)36-21-19-35(20-22-36)31(37)29-15-16-30(28-10-6-5-9-27(28)29)40-26-13-11-25(12-14-26)39-24-23-34-17-7-4-8-18-34/h5-6,9-16H,4,7-8,17-24H2,1-3H3. The van der Waals surface area contributed by atoms with Gasteiger partial charge in [0.15, 0.2) is 0 Å². The number of rotatable bonds is 7. The van der Waals surface area contributed by atoms with Crippen molar-refractivity contribution in [1.82, 2.24) is 14.7 Å². The van der Waals surface area contributed by atoms with Gasteiger partial charge in [-0.15, -0.1) is 0 Å². The first-order valence-electron chi connectivity index (χ1n) is 14.7. The Morgan fingerprint density at radius 1 is 0.732 bits per heavy atom. The van der Waals surface area contributed by atoms with E-state index in [1.54, 1.807) is 9.80 Å². The lowest BCUT2D eigenvalue weighted by Gasteiger charge is -2.35. The maximum Gasteiger partial charge on any atom is 0.410 e. The van der Waals surface area contributed by atoms with Gasteiger partial charge in [0.2, 0.25) is 0 Å². The lowest BCUT2D eigenvalue weighted by Crippen LogP contribution is -2.51. The molecular weight excluding hydrogens is 518 g/mol. The molecule has 2 amide bonds. The van der Waals surface area contributed by atoms with Gasteiger partial charge in [0, 0.05) is 43.7 Å². The Labute approximate surface area is 242 Å². The molecule has 0 atom stereocenters. The van der Waals surface area contributed by atoms with E-state index in [0.717, 1.165) is 23.1 Å². The van der Waals surface area contributed by atoms with Gasteiger partial charge in [0.05, 0.1) is 0 Å². The topological polar surface area (TPSA) is 71.5 Å². The third kappa shape index (κ3) is 7.50. The zero-order valence-electron chi connectivity index (χ0n) is 24.4. The van der Waals surface area contributed by atoms with Crippen molar-refractivity contribution >= 4 is 22.8 Å². The molecule has 41 heavy (non-hydrogen) atoms. The van der Waals surface area contributed by atoms with E-state index < -0.39 is 5.60 Å². The van der Waals surface area contributed by atoms with Crippen LogP contribution in [0.2, 0.25) is 0 Å². The molecular formula is C33H41N3O5. The van der Waals surface area contributed by atoms with Crippen LogP contribution in [0.5, 0.6) is 17.2 Å². The second kappa shape index (κ2) is 12.8. The lowest BCUT2D eigenvalue weighted by molar-refractivity contribution is 0.0141. The van der Waals surface area contributed by atoms with Crippen LogP contribution in [0, 0.1) is 0 Å². The number of hydrogen-bond acceptors (Lipinski definition) is 6. The van der Waals surface area contributed by atoms with Crippen molar-refractivity contribution in [3.05, 3.63) is 66.2 Å². The summed E-state index contributed by atoms with van der Waals surface area (Å²) in [5, 5.41) is 1.70. The number of nitrogens with zero attached hydrogens (tertiary/aromatic N) is 3. The van der Waals surface area contributed by atoms with Crippen LogP contribution in [-0.4, -0.2) is 84.7 Å². The average Bonchev–Trinajstić information content (AvgIpc) is 2.98. The number of piperazine rings is 1. The Kier molecular flexibility index (Phi) is 8.98. The van der Waals surface area contributed by atoms with Crippen molar-refractivity contribution in [3.8, 4) is 17.2 Å². The van der Waals surface area contributed by atoms with Gasteiger partial charge in [-0.3, -0.25) is 9.69 Å². The molecule has 2 aliphatic heterocycles. The monoisotopic (exact) mass is 559 g/mol. The molecule has 2 saturated heterocycles. The molecule has 0 aromatic heterocycles. The molecule has 218 valence electrons. The van der Waals surface area contributed by atoms with E-state index >= 15 is 0 Å². The highest BCUT2D eigenvalue weighted by atomic mass is 16.6. The first kappa shape index (κ1) is 28.7. The van der Waals surface area contributed by atoms with Crippen LogP contribution < -0.4 is 9.47 Å². The predicted octanol–water partition coefficient (Wildman–Crippen LogP) is 6.19. The molecule has 0 N–H and O–H groups in total. The molecule has 2 heterocycles. The van der Waals surface area contributed by atoms with Gasteiger partial charge in [0.1, 0.15) is 29.5 Å². The van der Waals surface area contributed by atoms with Gasteiger partial charge in [-0.25, -0.2) is 4.79 Å². The maximum absolute atomic E-state index is 13.5. The summed E-state index contributed by atoms with van der Waals surface area (Å²) in [5.41, 5.74) is 0.0750. The average molecular weight is 560 g/mol. The number of hydrogen-bond donors (Lipinski definition) is 0. The normalized spacial score (nSPS) is 16.5.